The summed E-state index contributed by atoms with van der Waals surface area (Å²) in [5.41, 5.74) is 4.47. The van der Waals surface area contributed by atoms with Gasteiger partial charge in [0.1, 0.15) is 6.04 Å². The summed E-state index contributed by atoms with van der Waals surface area (Å²) in [4.78, 5) is 6.85. The zero-order valence-electron chi connectivity index (χ0n) is 16.1. The minimum absolute atomic E-state index is 0.0142. The molecule has 2 aromatic heterocycles. The van der Waals surface area contributed by atoms with E-state index in [1.165, 1.54) is 11.3 Å². The average Bonchev–Trinajstić information content (AvgIpc) is 3.29. The number of nitrogens with one attached hydrogen (secondary N) is 1. The third-order valence-corrected chi connectivity index (χ3v) is 6.39. The van der Waals surface area contributed by atoms with Crippen molar-refractivity contribution < 1.29 is 0 Å². The Kier molecular flexibility index (Phi) is 5.25. The minimum Gasteiger partial charge on any atom is -0.351 e. The summed E-state index contributed by atoms with van der Waals surface area (Å²) < 4.78 is 3.41. The van der Waals surface area contributed by atoms with Gasteiger partial charge < -0.3 is 14.8 Å². The zero-order chi connectivity index (χ0) is 19.8. The molecule has 0 spiro atoms. The maximum atomic E-state index is 5.80. The molecule has 2 atom stereocenters. The Morgan fingerprint density at radius 2 is 1.96 bits per heavy atom. The van der Waals surface area contributed by atoms with Crippen LogP contribution in [-0.2, 0) is 0 Å². The standard InChI is InChI=1S/C22H23BrN4S/c1-14(2)26-12-6-8-19(26)21-20(18-7-4-5-11-24-18)25-22(28)27(21)16-9-10-17(23)15(3)13-16/h4-14,20-21H,1-3H3,(H,25,28). The largest absolute Gasteiger partial charge is 0.351 e. The van der Waals surface area contributed by atoms with E-state index in [9.17, 15) is 0 Å². The van der Waals surface area contributed by atoms with Crippen molar-refractivity contribution in [2.45, 2.75) is 38.9 Å². The van der Waals surface area contributed by atoms with Crippen LogP contribution in [0.1, 0.15) is 48.9 Å². The highest BCUT2D eigenvalue weighted by atomic mass is 79.9. The van der Waals surface area contributed by atoms with Gasteiger partial charge >= 0.3 is 0 Å². The van der Waals surface area contributed by atoms with Crippen LogP contribution in [0.4, 0.5) is 5.69 Å². The molecular weight excluding hydrogens is 432 g/mol. The van der Waals surface area contributed by atoms with E-state index in [0.717, 1.165) is 21.0 Å². The van der Waals surface area contributed by atoms with Gasteiger partial charge in [-0.1, -0.05) is 22.0 Å². The molecule has 3 heterocycles. The molecule has 1 N–H and O–H groups in total. The number of thiocarbonyl (C=S) groups is 1. The maximum Gasteiger partial charge on any atom is 0.174 e. The van der Waals surface area contributed by atoms with Crippen LogP contribution in [0, 0.1) is 6.92 Å². The lowest BCUT2D eigenvalue weighted by molar-refractivity contribution is 0.497. The van der Waals surface area contributed by atoms with E-state index in [1.807, 2.05) is 18.3 Å². The first-order chi connectivity index (χ1) is 13.5. The lowest BCUT2D eigenvalue weighted by atomic mass is 10.0. The number of aromatic nitrogens is 2. The molecule has 1 saturated heterocycles. The molecule has 144 valence electrons. The Morgan fingerprint density at radius 1 is 1.14 bits per heavy atom. The van der Waals surface area contributed by atoms with Crippen LogP contribution in [0.2, 0.25) is 0 Å². The Bertz CT molecular complexity index is 999. The van der Waals surface area contributed by atoms with E-state index in [0.29, 0.717) is 6.04 Å². The van der Waals surface area contributed by atoms with Gasteiger partial charge in [-0.25, -0.2) is 0 Å². The van der Waals surface area contributed by atoms with E-state index in [1.54, 1.807) is 0 Å². The van der Waals surface area contributed by atoms with Crippen molar-refractivity contribution in [1.82, 2.24) is 14.9 Å². The molecule has 0 amide bonds. The van der Waals surface area contributed by atoms with Gasteiger partial charge in [0.2, 0.25) is 0 Å². The number of hydrogen-bond donors (Lipinski definition) is 1. The maximum absolute atomic E-state index is 5.80. The zero-order valence-corrected chi connectivity index (χ0v) is 18.5. The van der Waals surface area contributed by atoms with Crippen LogP contribution >= 0.6 is 28.1 Å². The monoisotopic (exact) mass is 454 g/mol. The van der Waals surface area contributed by atoms with Crippen LogP contribution in [0.15, 0.2) is 65.4 Å². The highest BCUT2D eigenvalue weighted by Crippen LogP contribution is 2.42. The van der Waals surface area contributed by atoms with Gasteiger partial charge in [0, 0.05) is 34.3 Å². The predicted octanol–water partition coefficient (Wildman–Crippen LogP) is 5.71. The number of hydrogen-bond acceptors (Lipinski definition) is 2. The van der Waals surface area contributed by atoms with Crippen molar-refractivity contribution in [2.75, 3.05) is 4.90 Å². The summed E-state index contributed by atoms with van der Waals surface area (Å²) in [5, 5.41) is 4.25. The lowest BCUT2D eigenvalue weighted by Gasteiger charge is -2.30. The molecule has 1 fully saturated rings. The van der Waals surface area contributed by atoms with Crippen LogP contribution in [0.3, 0.4) is 0 Å². The second-order valence-corrected chi connectivity index (χ2v) is 8.61. The summed E-state index contributed by atoms with van der Waals surface area (Å²) in [6.45, 7) is 6.50. The third-order valence-electron chi connectivity index (χ3n) is 5.19. The van der Waals surface area contributed by atoms with E-state index >= 15 is 0 Å². The molecule has 3 aromatic rings. The molecule has 4 nitrogen and oxygen atoms in total. The topological polar surface area (TPSA) is 33.1 Å². The van der Waals surface area contributed by atoms with Gasteiger partial charge in [0.25, 0.3) is 0 Å². The third kappa shape index (κ3) is 3.35. The first-order valence-electron chi connectivity index (χ1n) is 9.41. The quantitative estimate of drug-likeness (QED) is 0.511. The van der Waals surface area contributed by atoms with Crippen molar-refractivity contribution in [2.24, 2.45) is 0 Å². The first-order valence-corrected chi connectivity index (χ1v) is 10.6. The fourth-order valence-corrected chi connectivity index (χ4v) is 4.43. The van der Waals surface area contributed by atoms with Gasteiger partial charge in [-0.3, -0.25) is 4.98 Å². The van der Waals surface area contributed by atoms with Gasteiger partial charge in [-0.05, 0) is 81.0 Å². The second kappa shape index (κ2) is 7.68. The van der Waals surface area contributed by atoms with Gasteiger partial charge in [-0.15, -0.1) is 0 Å². The highest BCUT2D eigenvalue weighted by Gasteiger charge is 2.42. The molecule has 1 aliphatic heterocycles. The summed E-state index contributed by atoms with van der Waals surface area (Å²) >= 11 is 9.41. The van der Waals surface area contributed by atoms with Gasteiger partial charge in [0.05, 0.1) is 11.7 Å². The molecule has 1 aromatic carbocycles. The Hall–Kier alpha value is -2.18. The number of aryl methyl sites for hydroxylation is 1. The summed E-state index contributed by atoms with van der Waals surface area (Å²) in [5.74, 6) is 0. The summed E-state index contributed by atoms with van der Waals surface area (Å²) in [7, 11) is 0. The Morgan fingerprint density at radius 3 is 2.64 bits per heavy atom. The van der Waals surface area contributed by atoms with Crippen LogP contribution < -0.4 is 10.2 Å². The number of nitrogens with zero attached hydrogens (tertiary/aromatic N) is 3. The van der Waals surface area contributed by atoms with E-state index in [-0.39, 0.29) is 12.1 Å². The molecule has 1 aliphatic rings. The second-order valence-electron chi connectivity index (χ2n) is 7.36. The van der Waals surface area contributed by atoms with Crippen LogP contribution in [0.5, 0.6) is 0 Å². The molecule has 4 rings (SSSR count). The van der Waals surface area contributed by atoms with Crippen molar-refractivity contribution in [3.63, 3.8) is 0 Å². The van der Waals surface area contributed by atoms with Crippen molar-refractivity contribution >= 4 is 38.9 Å². The average molecular weight is 455 g/mol. The van der Waals surface area contributed by atoms with Crippen LogP contribution in [0.25, 0.3) is 0 Å². The van der Waals surface area contributed by atoms with Gasteiger partial charge in [-0.2, -0.15) is 0 Å². The molecule has 0 bridgehead atoms. The molecule has 2 unspecified atom stereocenters. The highest BCUT2D eigenvalue weighted by molar-refractivity contribution is 9.10. The molecule has 0 radical (unpaired) electrons. The number of anilines is 1. The van der Waals surface area contributed by atoms with Crippen molar-refractivity contribution in [3.05, 3.63) is 82.3 Å². The predicted molar refractivity (Wildman–Crippen MR) is 122 cm³/mol. The van der Waals surface area contributed by atoms with E-state index in [2.05, 4.69) is 99.1 Å². The molecular formula is C22H23BrN4S. The van der Waals surface area contributed by atoms with E-state index < -0.39 is 0 Å². The number of halogens is 1. The molecule has 28 heavy (non-hydrogen) atoms. The lowest BCUT2D eigenvalue weighted by Crippen LogP contribution is -2.30. The van der Waals surface area contributed by atoms with E-state index in [4.69, 9.17) is 12.2 Å². The van der Waals surface area contributed by atoms with Gasteiger partial charge in [0.15, 0.2) is 5.11 Å². The summed E-state index contributed by atoms with van der Waals surface area (Å²) in [6.07, 6.45) is 3.98. The number of benzene rings is 1. The first kappa shape index (κ1) is 19.2. The fourth-order valence-electron chi connectivity index (χ4n) is 3.84. The summed E-state index contributed by atoms with van der Waals surface area (Å²) in [6, 6.07) is 17.0. The Labute approximate surface area is 179 Å². The number of rotatable bonds is 4. The minimum atomic E-state index is -0.0231. The Balaban J connectivity index is 1.87. The van der Waals surface area contributed by atoms with Crippen LogP contribution in [-0.4, -0.2) is 14.7 Å². The molecule has 0 saturated carbocycles. The molecule has 6 heteroatoms. The normalized spacial score (nSPS) is 19.3. The van der Waals surface area contributed by atoms with Crippen molar-refractivity contribution in [3.8, 4) is 0 Å². The molecule has 0 aliphatic carbocycles. The smallest absolute Gasteiger partial charge is 0.174 e. The van der Waals surface area contributed by atoms with Crippen molar-refractivity contribution in [1.29, 1.82) is 0 Å². The number of pyridine rings is 1. The fraction of sp³-hybridized carbons (Fsp3) is 0.273. The SMILES string of the molecule is Cc1cc(N2C(=S)NC(c3ccccn3)C2c2cccn2C(C)C)ccc1Br.